The minimum atomic E-state index is -1.83. The molecule has 2 fully saturated rings. The Kier molecular flexibility index (Phi) is 5.55. The number of ether oxygens (including phenoxy) is 3. The lowest BCUT2D eigenvalue weighted by molar-refractivity contribution is -0.270. The lowest BCUT2D eigenvalue weighted by Crippen LogP contribution is -2.60. The largest absolute Gasteiger partial charge is 0.469 e. The molecule has 2 aromatic carbocycles. The molecule has 2 aromatic rings. The molecule has 5 atom stereocenters. The Hall–Kier alpha value is -2.49. The van der Waals surface area contributed by atoms with Crippen LogP contribution in [-0.4, -0.2) is 64.6 Å². The third kappa shape index (κ3) is 3.06. The predicted octanol–water partition coefficient (Wildman–Crippen LogP) is 0.994. The van der Waals surface area contributed by atoms with E-state index in [9.17, 15) is 20.1 Å². The summed E-state index contributed by atoms with van der Waals surface area (Å²) < 4.78 is 16.7. The highest BCUT2D eigenvalue weighted by Crippen LogP contribution is 2.70. The van der Waals surface area contributed by atoms with Crippen LogP contribution in [0, 0.1) is 5.41 Å². The van der Waals surface area contributed by atoms with Crippen molar-refractivity contribution < 1.29 is 34.3 Å². The third-order valence-electron chi connectivity index (χ3n) is 7.01. The topological polar surface area (TPSA) is 131 Å². The summed E-state index contributed by atoms with van der Waals surface area (Å²) in [6, 6.07) is 14.6. The Bertz CT molecular complexity index is 1020. The van der Waals surface area contributed by atoms with E-state index in [1.54, 1.807) is 26.0 Å². The van der Waals surface area contributed by atoms with Gasteiger partial charge in [-0.3, -0.25) is 4.79 Å². The molecule has 0 bridgehead atoms. The van der Waals surface area contributed by atoms with Gasteiger partial charge in [-0.1, -0.05) is 56.3 Å². The fraction of sp³-hybridized carbons (Fsp3) is 0.458. The molecule has 8 heteroatoms. The fourth-order valence-corrected chi connectivity index (χ4v) is 4.88. The van der Waals surface area contributed by atoms with E-state index in [0.717, 1.165) is 11.1 Å². The predicted molar refractivity (Wildman–Crippen MR) is 116 cm³/mol. The van der Waals surface area contributed by atoms with Gasteiger partial charge in [0.05, 0.1) is 13.5 Å². The van der Waals surface area contributed by atoms with Crippen molar-refractivity contribution in [3.05, 3.63) is 54.1 Å². The van der Waals surface area contributed by atoms with Crippen LogP contribution in [-0.2, 0) is 20.7 Å². The highest BCUT2D eigenvalue weighted by Gasteiger charge is 2.91. The van der Waals surface area contributed by atoms with Gasteiger partial charge in [0.2, 0.25) is 6.29 Å². The number of methoxy groups -OCH3 is 1. The number of benzene rings is 2. The zero-order valence-corrected chi connectivity index (χ0v) is 18.3. The lowest BCUT2D eigenvalue weighted by Gasteiger charge is -2.39. The molecule has 0 spiro atoms. The van der Waals surface area contributed by atoms with E-state index < -0.39 is 35.1 Å². The summed E-state index contributed by atoms with van der Waals surface area (Å²) in [7, 11) is 1.34. The van der Waals surface area contributed by atoms with Gasteiger partial charge in [-0.25, -0.2) is 0 Å². The Morgan fingerprint density at radius 2 is 1.84 bits per heavy atom. The molecule has 32 heavy (non-hydrogen) atoms. The highest BCUT2D eigenvalue weighted by molar-refractivity contribution is 5.75. The van der Waals surface area contributed by atoms with Crippen molar-refractivity contribution in [1.29, 1.82) is 0 Å². The molecule has 1 heterocycles. The van der Waals surface area contributed by atoms with E-state index in [1.807, 2.05) is 36.4 Å². The van der Waals surface area contributed by atoms with E-state index >= 15 is 0 Å². The molecule has 2 aliphatic rings. The molecular formula is C24H29NO7. The first-order chi connectivity index (χ1) is 15.1. The molecule has 172 valence electrons. The second kappa shape index (κ2) is 7.83. The Balaban J connectivity index is 1.67. The smallest absolute Gasteiger partial charge is 0.309 e. The number of aliphatic hydroxyl groups excluding tert-OH is 1. The van der Waals surface area contributed by atoms with Crippen molar-refractivity contribution in [3.8, 4) is 16.9 Å². The highest BCUT2D eigenvalue weighted by atomic mass is 16.7. The molecule has 8 nitrogen and oxygen atoms in total. The molecule has 4 rings (SSSR count). The lowest BCUT2D eigenvalue weighted by atomic mass is 9.96. The fourth-order valence-electron chi connectivity index (χ4n) is 4.88. The molecule has 0 aromatic heterocycles. The summed E-state index contributed by atoms with van der Waals surface area (Å²) >= 11 is 0. The molecule has 0 amide bonds. The SMILES string of the molecule is COC(=O)Cc1cccc(-c2ccccc2O[C@H]2O[C@H](CN)[C@@H](O)[C@@]3(O)C(C)(C)[C@@]23O)c1. The van der Waals surface area contributed by atoms with Crippen molar-refractivity contribution in [2.75, 3.05) is 13.7 Å². The van der Waals surface area contributed by atoms with Crippen molar-refractivity contribution in [2.45, 2.75) is 50.0 Å². The number of nitrogens with two attached hydrogens (primary N) is 1. The van der Waals surface area contributed by atoms with Gasteiger partial charge in [0, 0.05) is 17.5 Å². The zero-order valence-electron chi connectivity index (χ0n) is 18.3. The zero-order chi connectivity index (χ0) is 23.3. The summed E-state index contributed by atoms with van der Waals surface area (Å²) in [5.41, 5.74) is 3.30. The number of carbonyl (C=O) groups is 1. The number of para-hydroxylation sites is 1. The number of aliphatic hydroxyl groups is 3. The number of hydrogen-bond donors (Lipinski definition) is 4. The first-order valence-electron chi connectivity index (χ1n) is 10.5. The van der Waals surface area contributed by atoms with Crippen molar-refractivity contribution >= 4 is 5.97 Å². The first-order valence-corrected chi connectivity index (χ1v) is 10.5. The third-order valence-corrected chi connectivity index (χ3v) is 7.01. The van der Waals surface area contributed by atoms with Gasteiger partial charge in [-0.15, -0.1) is 0 Å². The molecular weight excluding hydrogens is 414 g/mol. The Labute approximate surface area is 186 Å². The average Bonchev–Trinajstić information content (AvgIpc) is 3.17. The molecule has 1 saturated carbocycles. The Morgan fingerprint density at radius 3 is 2.53 bits per heavy atom. The standard InChI is InChI=1S/C24H29NO7/c1-22(2)23(28)20(27)18(13-25)32-21(24(22,23)29)31-17-10-5-4-9-16(17)15-8-6-7-14(11-15)12-19(26)30-3/h4-11,18,20-21,27-29H,12-13,25H2,1-3H3/t18-,20-,21+,23-,24+/m1/s1. The minimum Gasteiger partial charge on any atom is -0.469 e. The molecule has 0 radical (unpaired) electrons. The van der Waals surface area contributed by atoms with Crippen LogP contribution in [0.3, 0.4) is 0 Å². The number of carbonyl (C=O) groups excluding carboxylic acids is 1. The Morgan fingerprint density at radius 1 is 1.12 bits per heavy atom. The van der Waals surface area contributed by atoms with Crippen LogP contribution in [0.5, 0.6) is 5.75 Å². The maximum Gasteiger partial charge on any atom is 0.309 e. The van der Waals surface area contributed by atoms with Gasteiger partial charge in [0.15, 0.2) is 5.60 Å². The van der Waals surface area contributed by atoms with Gasteiger partial charge < -0.3 is 35.3 Å². The van der Waals surface area contributed by atoms with Gasteiger partial charge in [-0.05, 0) is 17.2 Å². The van der Waals surface area contributed by atoms with Crippen LogP contribution >= 0.6 is 0 Å². The van der Waals surface area contributed by atoms with E-state index in [-0.39, 0.29) is 18.9 Å². The van der Waals surface area contributed by atoms with Crippen molar-refractivity contribution in [1.82, 2.24) is 0 Å². The summed E-state index contributed by atoms with van der Waals surface area (Å²) in [6.45, 7) is 3.25. The molecule has 1 aliphatic carbocycles. The van der Waals surface area contributed by atoms with E-state index in [2.05, 4.69) is 0 Å². The summed E-state index contributed by atoms with van der Waals surface area (Å²) in [6.07, 6.45) is -3.37. The van der Waals surface area contributed by atoms with Gasteiger partial charge in [-0.2, -0.15) is 0 Å². The molecule has 5 N–H and O–H groups in total. The summed E-state index contributed by atoms with van der Waals surface area (Å²) in [4.78, 5) is 11.7. The number of fused-ring (bicyclic) bond motifs is 1. The van der Waals surface area contributed by atoms with Gasteiger partial charge in [0.25, 0.3) is 0 Å². The van der Waals surface area contributed by atoms with Crippen LogP contribution in [0.2, 0.25) is 0 Å². The van der Waals surface area contributed by atoms with Crippen LogP contribution in [0.15, 0.2) is 48.5 Å². The van der Waals surface area contributed by atoms with Gasteiger partial charge in [0.1, 0.15) is 23.6 Å². The molecule has 1 saturated heterocycles. The molecule has 0 unspecified atom stereocenters. The second-order valence-corrected chi connectivity index (χ2v) is 8.91. The monoisotopic (exact) mass is 443 g/mol. The van der Waals surface area contributed by atoms with E-state index in [0.29, 0.717) is 11.3 Å². The van der Waals surface area contributed by atoms with Gasteiger partial charge >= 0.3 is 5.97 Å². The summed E-state index contributed by atoms with van der Waals surface area (Å²) in [5.74, 6) is 0.0736. The second-order valence-electron chi connectivity index (χ2n) is 8.91. The minimum absolute atomic E-state index is 0.0489. The van der Waals surface area contributed by atoms with Crippen LogP contribution < -0.4 is 10.5 Å². The van der Waals surface area contributed by atoms with E-state index in [4.69, 9.17) is 19.9 Å². The first kappa shape index (κ1) is 22.7. The number of hydrogen-bond acceptors (Lipinski definition) is 8. The van der Waals surface area contributed by atoms with E-state index in [1.165, 1.54) is 7.11 Å². The average molecular weight is 443 g/mol. The number of rotatable bonds is 6. The maximum atomic E-state index is 11.7. The normalized spacial score (nSPS) is 32.7. The van der Waals surface area contributed by atoms with Crippen LogP contribution in [0.1, 0.15) is 19.4 Å². The van der Waals surface area contributed by atoms with Crippen LogP contribution in [0.25, 0.3) is 11.1 Å². The van der Waals surface area contributed by atoms with Crippen LogP contribution in [0.4, 0.5) is 0 Å². The quantitative estimate of drug-likeness (QED) is 0.486. The summed E-state index contributed by atoms with van der Waals surface area (Å²) in [5, 5.41) is 33.0. The maximum absolute atomic E-state index is 11.7. The van der Waals surface area contributed by atoms with Crippen molar-refractivity contribution in [3.63, 3.8) is 0 Å². The van der Waals surface area contributed by atoms with Crippen molar-refractivity contribution in [2.24, 2.45) is 11.1 Å². The molecule has 1 aliphatic heterocycles. The number of esters is 1.